The van der Waals surface area contributed by atoms with Crippen molar-refractivity contribution < 1.29 is 4.79 Å². The minimum Gasteiger partial charge on any atom is -0.335 e. The van der Waals surface area contributed by atoms with Crippen LogP contribution in [0, 0.1) is 0 Å². The molecule has 2 fully saturated rings. The smallest absolute Gasteiger partial charge is 0.317 e. The van der Waals surface area contributed by atoms with E-state index in [0.717, 1.165) is 0 Å². The first-order chi connectivity index (χ1) is 5.27. The van der Waals surface area contributed by atoms with Gasteiger partial charge < -0.3 is 10.2 Å². The van der Waals surface area contributed by atoms with Gasteiger partial charge in [-0.1, -0.05) is 0 Å². The number of nitrogens with one attached hydrogen (secondary N) is 1. The highest BCUT2D eigenvalue weighted by atomic mass is 16.2. The Labute approximate surface area is 66.8 Å². The molecule has 0 heterocycles. The van der Waals surface area contributed by atoms with Crippen LogP contribution in [-0.4, -0.2) is 30.1 Å². The average Bonchev–Trinajstić information content (AvgIpc) is 2.81. The van der Waals surface area contributed by atoms with Crippen molar-refractivity contribution in [1.29, 1.82) is 0 Å². The zero-order valence-corrected chi connectivity index (χ0v) is 6.84. The minimum absolute atomic E-state index is 0.120. The number of hydrogen-bond donors (Lipinski definition) is 1. The van der Waals surface area contributed by atoms with Crippen LogP contribution in [-0.2, 0) is 0 Å². The van der Waals surface area contributed by atoms with Gasteiger partial charge in [0.05, 0.1) is 0 Å². The maximum absolute atomic E-state index is 11.3. The van der Waals surface area contributed by atoms with Crippen LogP contribution in [0.5, 0.6) is 0 Å². The lowest BCUT2D eigenvalue weighted by Gasteiger charge is -2.16. The molecule has 0 radical (unpaired) electrons. The maximum atomic E-state index is 11.3. The lowest BCUT2D eigenvalue weighted by Crippen LogP contribution is -2.39. The predicted molar refractivity (Wildman–Crippen MR) is 42.3 cm³/mol. The fourth-order valence-corrected chi connectivity index (χ4v) is 1.13. The summed E-state index contributed by atoms with van der Waals surface area (Å²) in [7, 11) is 1.88. The molecule has 62 valence electrons. The van der Waals surface area contributed by atoms with E-state index in [1.807, 2.05) is 11.9 Å². The van der Waals surface area contributed by atoms with Gasteiger partial charge >= 0.3 is 6.03 Å². The van der Waals surface area contributed by atoms with E-state index in [4.69, 9.17) is 0 Å². The molecule has 2 aliphatic carbocycles. The molecule has 3 heteroatoms. The summed E-state index contributed by atoms with van der Waals surface area (Å²) in [5.74, 6) is 0. The quantitative estimate of drug-likeness (QED) is 0.631. The zero-order chi connectivity index (χ0) is 7.84. The molecule has 0 spiro atoms. The van der Waals surface area contributed by atoms with Gasteiger partial charge in [-0.25, -0.2) is 4.79 Å². The van der Waals surface area contributed by atoms with E-state index in [1.54, 1.807) is 0 Å². The normalized spacial score (nSPS) is 23.0. The molecule has 3 nitrogen and oxygen atoms in total. The third-order valence-electron chi connectivity index (χ3n) is 2.32. The molecule has 0 unspecified atom stereocenters. The molecular weight excluding hydrogens is 140 g/mol. The van der Waals surface area contributed by atoms with Crippen LogP contribution < -0.4 is 5.32 Å². The van der Waals surface area contributed by atoms with Gasteiger partial charge in [0.15, 0.2) is 0 Å². The average molecular weight is 154 g/mol. The first-order valence-electron chi connectivity index (χ1n) is 4.30. The number of amides is 2. The van der Waals surface area contributed by atoms with Gasteiger partial charge in [-0.05, 0) is 25.7 Å². The van der Waals surface area contributed by atoms with E-state index in [2.05, 4.69) is 5.32 Å². The summed E-state index contributed by atoms with van der Waals surface area (Å²) in [5, 5.41) is 2.96. The third-order valence-corrected chi connectivity index (χ3v) is 2.32. The monoisotopic (exact) mass is 154 g/mol. The Balaban J connectivity index is 1.77. The molecule has 2 amide bonds. The van der Waals surface area contributed by atoms with Crippen molar-refractivity contribution in [3.63, 3.8) is 0 Å². The van der Waals surface area contributed by atoms with Crippen molar-refractivity contribution in [2.24, 2.45) is 0 Å². The predicted octanol–water partition coefficient (Wildman–Crippen LogP) is 0.953. The molecule has 0 aromatic carbocycles. The number of urea groups is 1. The van der Waals surface area contributed by atoms with Gasteiger partial charge in [-0.3, -0.25) is 0 Å². The fraction of sp³-hybridized carbons (Fsp3) is 0.875. The van der Waals surface area contributed by atoms with E-state index in [0.29, 0.717) is 12.1 Å². The number of nitrogens with zero attached hydrogens (tertiary/aromatic N) is 1. The molecule has 2 saturated carbocycles. The highest BCUT2D eigenvalue weighted by molar-refractivity contribution is 5.75. The van der Waals surface area contributed by atoms with Gasteiger partial charge in [-0.2, -0.15) is 0 Å². The molecule has 0 aromatic heterocycles. The Morgan fingerprint density at radius 2 is 2.00 bits per heavy atom. The molecule has 1 N–H and O–H groups in total. The van der Waals surface area contributed by atoms with Gasteiger partial charge in [0, 0.05) is 19.1 Å². The van der Waals surface area contributed by atoms with Crippen LogP contribution >= 0.6 is 0 Å². The number of carbonyl (C=O) groups is 1. The summed E-state index contributed by atoms with van der Waals surface area (Å²) in [6, 6.07) is 1.15. The lowest BCUT2D eigenvalue weighted by atomic mass is 10.6. The van der Waals surface area contributed by atoms with Crippen LogP contribution in [0.2, 0.25) is 0 Å². The van der Waals surface area contributed by atoms with E-state index in [-0.39, 0.29) is 6.03 Å². The third kappa shape index (κ3) is 1.64. The number of carbonyl (C=O) groups excluding carboxylic acids is 1. The highest BCUT2D eigenvalue weighted by Gasteiger charge is 2.32. The fourth-order valence-electron chi connectivity index (χ4n) is 1.13. The second kappa shape index (κ2) is 2.40. The summed E-state index contributed by atoms with van der Waals surface area (Å²) in [4.78, 5) is 13.1. The van der Waals surface area contributed by atoms with Crippen LogP contribution in [0.4, 0.5) is 4.79 Å². The maximum Gasteiger partial charge on any atom is 0.317 e. The van der Waals surface area contributed by atoms with Crippen LogP contribution in [0.25, 0.3) is 0 Å². The van der Waals surface area contributed by atoms with Gasteiger partial charge in [0.2, 0.25) is 0 Å². The summed E-state index contributed by atoms with van der Waals surface area (Å²) in [6.45, 7) is 0. The SMILES string of the molecule is CN(C(=O)NC1CC1)C1CC1. The Morgan fingerprint density at radius 1 is 1.36 bits per heavy atom. The molecule has 11 heavy (non-hydrogen) atoms. The largest absolute Gasteiger partial charge is 0.335 e. The van der Waals surface area contributed by atoms with Crippen LogP contribution in [0.1, 0.15) is 25.7 Å². The molecule has 0 bridgehead atoms. The van der Waals surface area contributed by atoms with Crippen LogP contribution in [0.3, 0.4) is 0 Å². The van der Waals surface area contributed by atoms with E-state index in [9.17, 15) is 4.79 Å². The van der Waals surface area contributed by atoms with Crippen molar-refractivity contribution >= 4 is 6.03 Å². The minimum atomic E-state index is 0.120. The Morgan fingerprint density at radius 3 is 2.45 bits per heavy atom. The topological polar surface area (TPSA) is 32.3 Å². The Hall–Kier alpha value is -0.730. The number of hydrogen-bond acceptors (Lipinski definition) is 1. The van der Waals surface area contributed by atoms with E-state index in [1.165, 1.54) is 25.7 Å². The van der Waals surface area contributed by atoms with Crippen molar-refractivity contribution in [1.82, 2.24) is 10.2 Å². The molecule has 0 aliphatic heterocycles. The summed E-state index contributed by atoms with van der Waals surface area (Å²) < 4.78 is 0. The Kier molecular flexibility index (Phi) is 1.51. The molecule has 0 saturated heterocycles. The standard InChI is InChI=1S/C8H14N2O/c1-10(7-4-5-7)8(11)9-6-2-3-6/h6-7H,2-5H2,1H3,(H,9,11). The lowest BCUT2D eigenvalue weighted by molar-refractivity contribution is 0.206. The van der Waals surface area contributed by atoms with Crippen LogP contribution in [0.15, 0.2) is 0 Å². The van der Waals surface area contributed by atoms with Gasteiger partial charge in [0.1, 0.15) is 0 Å². The van der Waals surface area contributed by atoms with E-state index >= 15 is 0 Å². The Bertz CT molecular complexity index is 173. The van der Waals surface area contributed by atoms with Crippen molar-refractivity contribution in [3.05, 3.63) is 0 Å². The van der Waals surface area contributed by atoms with Crippen molar-refractivity contribution in [3.8, 4) is 0 Å². The molecular formula is C8H14N2O. The second-order valence-electron chi connectivity index (χ2n) is 3.57. The van der Waals surface area contributed by atoms with Gasteiger partial charge in [0.25, 0.3) is 0 Å². The van der Waals surface area contributed by atoms with Gasteiger partial charge in [-0.15, -0.1) is 0 Å². The second-order valence-corrected chi connectivity index (χ2v) is 3.57. The molecule has 2 rings (SSSR count). The van der Waals surface area contributed by atoms with E-state index < -0.39 is 0 Å². The highest BCUT2D eigenvalue weighted by Crippen LogP contribution is 2.26. The van der Waals surface area contributed by atoms with Crippen molar-refractivity contribution in [2.75, 3.05) is 7.05 Å². The zero-order valence-electron chi connectivity index (χ0n) is 6.84. The first kappa shape index (κ1) is 6.95. The summed E-state index contributed by atoms with van der Waals surface area (Å²) in [6.07, 6.45) is 4.72. The summed E-state index contributed by atoms with van der Waals surface area (Å²) in [5.41, 5.74) is 0. The number of rotatable bonds is 2. The first-order valence-corrected chi connectivity index (χ1v) is 4.30. The summed E-state index contributed by atoms with van der Waals surface area (Å²) >= 11 is 0. The molecule has 0 aromatic rings. The molecule has 2 aliphatic rings. The molecule has 0 atom stereocenters. The van der Waals surface area contributed by atoms with Crippen molar-refractivity contribution in [2.45, 2.75) is 37.8 Å².